The third kappa shape index (κ3) is 3.91. The number of nitrogens with one attached hydrogen (secondary N) is 1. The molecular formula is C22H27N3O3. The normalized spacial score (nSPS) is 20.4. The van der Waals surface area contributed by atoms with Crippen LogP contribution in [0, 0.1) is 5.92 Å². The Bertz CT molecular complexity index is 808. The molecule has 2 aromatic rings. The van der Waals surface area contributed by atoms with Crippen molar-refractivity contribution in [3.63, 3.8) is 0 Å². The second-order valence-corrected chi connectivity index (χ2v) is 7.84. The van der Waals surface area contributed by atoms with Crippen LogP contribution in [-0.4, -0.2) is 42.4 Å². The van der Waals surface area contributed by atoms with Gasteiger partial charge in [-0.15, -0.1) is 0 Å². The standard InChI is InChI=1S/C22H27N3O3/c1-16-10-13-24(14-11-16)18-8-6-17(7-9-18)23-21(26)19-4-2-12-25(19)22(27)20-5-3-15-28-20/h3,5-9,15-16,19H,2,4,10-14H2,1H3,(H,23,26). The topological polar surface area (TPSA) is 65.8 Å². The summed E-state index contributed by atoms with van der Waals surface area (Å²) in [7, 11) is 0. The van der Waals surface area contributed by atoms with E-state index in [0.29, 0.717) is 13.0 Å². The van der Waals surface area contributed by atoms with Gasteiger partial charge in [0, 0.05) is 31.0 Å². The number of hydrogen-bond donors (Lipinski definition) is 1. The summed E-state index contributed by atoms with van der Waals surface area (Å²) in [5.74, 6) is 0.710. The number of carbonyl (C=O) groups is 2. The molecule has 0 aliphatic carbocycles. The van der Waals surface area contributed by atoms with Gasteiger partial charge in [-0.2, -0.15) is 0 Å². The van der Waals surface area contributed by atoms with Crippen molar-refractivity contribution in [3.8, 4) is 0 Å². The average molecular weight is 381 g/mol. The molecule has 2 saturated heterocycles. The summed E-state index contributed by atoms with van der Waals surface area (Å²) >= 11 is 0. The number of anilines is 2. The van der Waals surface area contributed by atoms with Crippen LogP contribution >= 0.6 is 0 Å². The van der Waals surface area contributed by atoms with E-state index in [-0.39, 0.29) is 17.6 Å². The second kappa shape index (κ2) is 8.09. The van der Waals surface area contributed by atoms with Crippen molar-refractivity contribution in [1.29, 1.82) is 0 Å². The number of likely N-dealkylation sites (tertiary alicyclic amines) is 1. The van der Waals surface area contributed by atoms with E-state index in [1.807, 2.05) is 12.1 Å². The molecule has 1 unspecified atom stereocenters. The molecule has 2 aliphatic rings. The number of hydrogen-bond acceptors (Lipinski definition) is 4. The third-order valence-corrected chi connectivity index (χ3v) is 5.83. The summed E-state index contributed by atoms with van der Waals surface area (Å²) in [5, 5.41) is 2.97. The summed E-state index contributed by atoms with van der Waals surface area (Å²) in [4.78, 5) is 29.3. The number of piperidine rings is 1. The van der Waals surface area contributed by atoms with Crippen LogP contribution in [0.15, 0.2) is 47.1 Å². The lowest BCUT2D eigenvalue weighted by atomic mass is 9.99. The zero-order valence-corrected chi connectivity index (χ0v) is 16.3. The molecule has 6 heteroatoms. The molecule has 2 amide bonds. The number of nitrogens with zero attached hydrogens (tertiary/aromatic N) is 2. The number of furan rings is 1. The van der Waals surface area contributed by atoms with Crippen LogP contribution in [0.4, 0.5) is 11.4 Å². The van der Waals surface area contributed by atoms with Gasteiger partial charge in [0.2, 0.25) is 5.91 Å². The zero-order valence-electron chi connectivity index (χ0n) is 16.3. The van der Waals surface area contributed by atoms with Crippen LogP contribution < -0.4 is 10.2 Å². The molecule has 0 saturated carbocycles. The first-order valence-corrected chi connectivity index (χ1v) is 10.1. The fourth-order valence-electron chi connectivity index (χ4n) is 4.07. The van der Waals surface area contributed by atoms with E-state index in [1.165, 1.54) is 24.8 Å². The Hall–Kier alpha value is -2.76. The van der Waals surface area contributed by atoms with Crippen molar-refractivity contribution >= 4 is 23.2 Å². The van der Waals surface area contributed by atoms with Gasteiger partial charge in [0.1, 0.15) is 6.04 Å². The first-order chi connectivity index (χ1) is 13.6. The Morgan fingerprint density at radius 2 is 1.79 bits per heavy atom. The van der Waals surface area contributed by atoms with Crippen molar-refractivity contribution in [2.45, 2.75) is 38.6 Å². The molecule has 0 radical (unpaired) electrons. The lowest BCUT2D eigenvalue weighted by Gasteiger charge is -2.32. The Labute approximate surface area is 165 Å². The molecule has 2 aliphatic heterocycles. The van der Waals surface area contributed by atoms with Gasteiger partial charge in [0.05, 0.1) is 6.26 Å². The molecule has 3 heterocycles. The molecule has 1 atom stereocenters. The highest BCUT2D eigenvalue weighted by Gasteiger charge is 2.35. The van der Waals surface area contributed by atoms with Crippen molar-refractivity contribution in [1.82, 2.24) is 4.90 Å². The van der Waals surface area contributed by atoms with Crippen molar-refractivity contribution in [3.05, 3.63) is 48.4 Å². The maximum absolute atomic E-state index is 12.8. The van der Waals surface area contributed by atoms with Gasteiger partial charge >= 0.3 is 0 Å². The molecule has 28 heavy (non-hydrogen) atoms. The van der Waals surface area contributed by atoms with Gasteiger partial charge in [-0.05, 0) is 68.0 Å². The minimum Gasteiger partial charge on any atom is -0.459 e. The zero-order chi connectivity index (χ0) is 19.5. The van der Waals surface area contributed by atoms with Gasteiger partial charge in [-0.1, -0.05) is 6.92 Å². The van der Waals surface area contributed by atoms with Crippen molar-refractivity contribution < 1.29 is 14.0 Å². The SMILES string of the molecule is CC1CCN(c2ccc(NC(=O)C3CCCN3C(=O)c3ccco3)cc2)CC1. The van der Waals surface area contributed by atoms with Gasteiger partial charge in [0.25, 0.3) is 5.91 Å². The Balaban J connectivity index is 1.38. The van der Waals surface area contributed by atoms with Crippen LogP contribution in [0.5, 0.6) is 0 Å². The largest absolute Gasteiger partial charge is 0.459 e. The highest BCUT2D eigenvalue weighted by molar-refractivity contribution is 6.00. The first kappa shape index (κ1) is 18.6. The maximum atomic E-state index is 12.8. The molecular weight excluding hydrogens is 354 g/mol. The first-order valence-electron chi connectivity index (χ1n) is 10.1. The minimum atomic E-state index is -0.458. The molecule has 6 nitrogen and oxygen atoms in total. The Kier molecular flexibility index (Phi) is 5.37. The summed E-state index contributed by atoms with van der Waals surface area (Å²) in [6.07, 6.45) is 5.40. The Morgan fingerprint density at radius 1 is 1.04 bits per heavy atom. The highest BCUT2D eigenvalue weighted by atomic mass is 16.3. The van der Waals surface area contributed by atoms with Crippen molar-refractivity contribution in [2.24, 2.45) is 5.92 Å². The van der Waals surface area contributed by atoms with E-state index in [4.69, 9.17) is 4.42 Å². The summed E-state index contributed by atoms with van der Waals surface area (Å²) in [5.41, 5.74) is 1.96. The maximum Gasteiger partial charge on any atom is 0.290 e. The number of carbonyl (C=O) groups excluding carboxylic acids is 2. The smallest absolute Gasteiger partial charge is 0.290 e. The summed E-state index contributed by atoms with van der Waals surface area (Å²) in [6.45, 7) is 5.04. The van der Waals surface area contributed by atoms with Crippen LogP contribution in [0.1, 0.15) is 43.2 Å². The Morgan fingerprint density at radius 3 is 2.46 bits per heavy atom. The summed E-state index contributed by atoms with van der Waals surface area (Å²) < 4.78 is 5.20. The highest BCUT2D eigenvalue weighted by Crippen LogP contribution is 2.25. The van der Waals surface area contributed by atoms with Crippen LogP contribution in [-0.2, 0) is 4.79 Å². The molecule has 1 N–H and O–H groups in total. The lowest BCUT2D eigenvalue weighted by Crippen LogP contribution is -2.43. The van der Waals surface area contributed by atoms with E-state index < -0.39 is 6.04 Å². The molecule has 4 rings (SSSR count). The number of benzene rings is 1. The second-order valence-electron chi connectivity index (χ2n) is 7.84. The fraction of sp³-hybridized carbons (Fsp3) is 0.455. The minimum absolute atomic E-state index is 0.142. The molecule has 148 valence electrons. The molecule has 1 aromatic carbocycles. The van der Waals surface area contributed by atoms with Gasteiger partial charge in [0.15, 0.2) is 5.76 Å². The van der Waals surface area contributed by atoms with Gasteiger partial charge < -0.3 is 19.5 Å². The molecule has 2 fully saturated rings. The quantitative estimate of drug-likeness (QED) is 0.876. The van der Waals surface area contributed by atoms with E-state index in [0.717, 1.165) is 31.1 Å². The van der Waals surface area contributed by atoms with E-state index in [9.17, 15) is 9.59 Å². The van der Waals surface area contributed by atoms with E-state index in [1.54, 1.807) is 17.0 Å². The fourth-order valence-corrected chi connectivity index (χ4v) is 4.07. The van der Waals surface area contributed by atoms with Gasteiger partial charge in [-0.25, -0.2) is 0 Å². The van der Waals surface area contributed by atoms with Crippen LogP contribution in [0.3, 0.4) is 0 Å². The van der Waals surface area contributed by atoms with E-state index in [2.05, 4.69) is 29.3 Å². The van der Waals surface area contributed by atoms with Crippen LogP contribution in [0.25, 0.3) is 0 Å². The predicted octanol–water partition coefficient (Wildman–Crippen LogP) is 3.76. The number of amides is 2. The third-order valence-electron chi connectivity index (χ3n) is 5.83. The molecule has 0 spiro atoms. The average Bonchev–Trinajstić information content (AvgIpc) is 3.41. The monoisotopic (exact) mass is 381 g/mol. The van der Waals surface area contributed by atoms with Crippen LogP contribution in [0.2, 0.25) is 0 Å². The van der Waals surface area contributed by atoms with Gasteiger partial charge in [-0.3, -0.25) is 9.59 Å². The van der Waals surface area contributed by atoms with E-state index >= 15 is 0 Å². The number of rotatable bonds is 4. The summed E-state index contributed by atoms with van der Waals surface area (Å²) in [6, 6.07) is 10.9. The lowest BCUT2D eigenvalue weighted by molar-refractivity contribution is -0.119. The molecule has 0 bridgehead atoms. The predicted molar refractivity (Wildman–Crippen MR) is 108 cm³/mol. The van der Waals surface area contributed by atoms with Crippen molar-refractivity contribution in [2.75, 3.05) is 29.9 Å². The molecule has 1 aromatic heterocycles.